The summed E-state index contributed by atoms with van der Waals surface area (Å²) in [5, 5.41) is 20.9. The average molecular weight is 326 g/mol. The number of aromatic nitrogens is 4. The van der Waals surface area contributed by atoms with Crippen LogP contribution in [0.1, 0.15) is 36.0 Å². The van der Waals surface area contributed by atoms with E-state index in [0.29, 0.717) is 5.95 Å². The molecule has 0 unspecified atom stereocenters. The number of rotatable bonds is 4. The van der Waals surface area contributed by atoms with E-state index in [1.807, 2.05) is 0 Å². The Bertz CT molecular complexity index is 704. The monoisotopic (exact) mass is 325 g/mol. The lowest BCUT2D eigenvalue weighted by Crippen LogP contribution is -2.37. The zero-order chi connectivity index (χ0) is 15.7. The van der Waals surface area contributed by atoms with Crippen LogP contribution in [0.15, 0.2) is 6.33 Å². The van der Waals surface area contributed by atoms with E-state index >= 15 is 0 Å². The molecule has 5 N–H and O–H groups in total. The first-order valence-electron chi connectivity index (χ1n) is 6.96. The van der Waals surface area contributed by atoms with Crippen LogP contribution < -0.4 is 15.9 Å². The van der Waals surface area contributed by atoms with E-state index in [-0.39, 0.29) is 23.1 Å². The van der Waals surface area contributed by atoms with Crippen molar-refractivity contribution in [3.05, 3.63) is 11.9 Å². The lowest BCUT2D eigenvalue weighted by molar-refractivity contribution is 0.100. The summed E-state index contributed by atoms with van der Waals surface area (Å²) >= 11 is 5.63. The summed E-state index contributed by atoms with van der Waals surface area (Å²) in [7, 11) is 0. The number of aliphatic hydroxyl groups is 1. The van der Waals surface area contributed by atoms with E-state index in [1.165, 1.54) is 10.7 Å². The Balaban J connectivity index is 2.04. The van der Waals surface area contributed by atoms with Crippen LogP contribution in [0.4, 0.5) is 11.8 Å². The fourth-order valence-corrected chi connectivity index (χ4v) is 2.86. The average Bonchev–Trinajstić information content (AvgIpc) is 2.98. The van der Waals surface area contributed by atoms with Crippen LogP contribution in [0.5, 0.6) is 0 Å². The highest BCUT2D eigenvalue weighted by Gasteiger charge is 2.26. The van der Waals surface area contributed by atoms with Gasteiger partial charge in [0.1, 0.15) is 11.9 Å². The standard InChI is InChI=1S/C12H16ClN7O2/c13-18-10-8(9(14)22)11-19-15-5-20(11)12(17-10)16-6-3-1-2-4-7(6)21/h5-7,18,21H,1-4H2,(H2,14,22)(H,16,17)/t6-,7+/m1/s1. The maximum Gasteiger partial charge on any atom is 0.256 e. The molecule has 0 saturated heterocycles. The van der Waals surface area contributed by atoms with E-state index in [2.05, 4.69) is 25.3 Å². The van der Waals surface area contributed by atoms with Gasteiger partial charge in [-0.25, -0.2) is 0 Å². The summed E-state index contributed by atoms with van der Waals surface area (Å²) < 4.78 is 1.51. The molecular formula is C12H16ClN7O2. The van der Waals surface area contributed by atoms with Crippen LogP contribution in [0.25, 0.3) is 5.65 Å². The number of halogens is 1. The molecule has 1 amide bonds. The van der Waals surface area contributed by atoms with Gasteiger partial charge in [-0.2, -0.15) is 4.98 Å². The molecule has 1 aliphatic rings. The van der Waals surface area contributed by atoms with Crippen LogP contribution in [0.3, 0.4) is 0 Å². The Labute approximate surface area is 131 Å². The van der Waals surface area contributed by atoms with Gasteiger partial charge in [0.15, 0.2) is 11.5 Å². The fourth-order valence-electron chi connectivity index (χ4n) is 2.72. The van der Waals surface area contributed by atoms with Crippen molar-refractivity contribution in [2.45, 2.75) is 37.8 Å². The molecule has 0 radical (unpaired) electrons. The number of hydrogen-bond donors (Lipinski definition) is 4. The van der Waals surface area contributed by atoms with E-state index in [9.17, 15) is 9.90 Å². The first-order valence-corrected chi connectivity index (χ1v) is 7.34. The van der Waals surface area contributed by atoms with E-state index < -0.39 is 12.0 Å². The highest BCUT2D eigenvalue weighted by atomic mass is 35.5. The second kappa shape index (κ2) is 5.93. The van der Waals surface area contributed by atoms with Gasteiger partial charge in [0.2, 0.25) is 5.95 Å². The van der Waals surface area contributed by atoms with Gasteiger partial charge in [-0.15, -0.1) is 10.2 Å². The number of nitrogens with one attached hydrogen (secondary N) is 2. The van der Waals surface area contributed by atoms with Gasteiger partial charge in [-0.3, -0.25) is 14.0 Å². The summed E-state index contributed by atoms with van der Waals surface area (Å²) in [6.45, 7) is 0. The van der Waals surface area contributed by atoms with Gasteiger partial charge in [0, 0.05) is 11.8 Å². The molecule has 1 aliphatic carbocycles. The van der Waals surface area contributed by atoms with E-state index in [0.717, 1.165) is 25.7 Å². The normalized spacial score (nSPS) is 21.7. The third kappa shape index (κ3) is 2.53. The molecule has 1 fully saturated rings. The minimum absolute atomic E-state index is 0.0576. The molecule has 2 aromatic rings. The van der Waals surface area contributed by atoms with Crippen molar-refractivity contribution in [1.82, 2.24) is 19.6 Å². The van der Waals surface area contributed by atoms with Gasteiger partial charge in [-0.1, -0.05) is 12.8 Å². The van der Waals surface area contributed by atoms with Gasteiger partial charge in [0.25, 0.3) is 5.91 Å². The van der Waals surface area contributed by atoms with Crippen LogP contribution >= 0.6 is 11.8 Å². The molecule has 0 aromatic carbocycles. The lowest BCUT2D eigenvalue weighted by atomic mass is 9.93. The zero-order valence-electron chi connectivity index (χ0n) is 11.7. The predicted octanol–water partition coefficient (Wildman–Crippen LogP) is 0.504. The molecule has 0 spiro atoms. The van der Waals surface area contributed by atoms with Crippen molar-refractivity contribution in [2.75, 3.05) is 10.2 Å². The molecule has 0 bridgehead atoms. The molecule has 0 aliphatic heterocycles. The third-order valence-electron chi connectivity index (χ3n) is 3.83. The molecular weight excluding hydrogens is 310 g/mol. The van der Waals surface area contributed by atoms with Crippen molar-refractivity contribution < 1.29 is 9.90 Å². The van der Waals surface area contributed by atoms with Crippen molar-refractivity contribution in [2.24, 2.45) is 5.73 Å². The Hall–Kier alpha value is -2.13. The number of nitrogens with zero attached hydrogens (tertiary/aromatic N) is 4. The highest BCUT2D eigenvalue weighted by Crippen LogP contribution is 2.25. The predicted molar refractivity (Wildman–Crippen MR) is 80.7 cm³/mol. The summed E-state index contributed by atoms with van der Waals surface area (Å²) in [5.41, 5.74) is 5.66. The number of nitrogens with two attached hydrogens (primary N) is 1. The number of hydrogen-bond acceptors (Lipinski definition) is 7. The van der Waals surface area contributed by atoms with Crippen molar-refractivity contribution >= 4 is 35.1 Å². The van der Waals surface area contributed by atoms with E-state index in [1.54, 1.807) is 0 Å². The number of amides is 1. The minimum Gasteiger partial charge on any atom is -0.391 e. The summed E-state index contributed by atoms with van der Waals surface area (Å²) in [6.07, 6.45) is 4.57. The summed E-state index contributed by atoms with van der Waals surface area (Å²) in [6, 6.07) is -0.130. The highest BCUT2D eigenvalue weighted by molar-refractivity contribution is 6.25. The van der Waals surface area contributed by atoms with Crippen LogP contribution in [0.2, 0.25) is 0 Å². The molecule has 2 heterocycles. The number of fused-ring (bicyclic) bond motifs is 1. The number of carbonyl (C=O) groups excluding carboxylic acids is 1. The van der Waals surface area contributed by atoms with Crippen molar-refractivity contribution in [3.8, 4) is 0 Å². The molecule has 9 nitrogen and oxygen atoms in total. The number of primary amides is 1. The van der Waals surface area contributed by atoms with E-state index in [4.69, 9.17) is 17.5 Å². The fraction of sp³-hybridized carbons (Fsp3) is 0.500. The molecule has 2 aromatic heterocycles. The maximum absolute atomic E-state index is 11.6. The number of aliphatic hydroxyl groups excluding tert-OH is 1. The topological polar surface area (TPSA) is 130 Å². The van der Waals surface area contributed by atoms with Gasteiger partial charge >= 0.3 is 0 Å². The maximum atomic E-state index is 11.6. The van der Waals surface area contributed by atoms with Crippen molar-refractivity contribution in [3.63, 3.8) is 0 Å². The molecule has 2 atom stereocenters. The molecule has 1 saturated carbocycles. The summed E-state index contributed by atoms with van der Waals surface area (Å²) in [4.78, 5) is 18.2. The van der Waals surface area contributed by atoms with Gasteiger partial charge in [0.05, 0.1) is 12.1 Å². The summed E-state index contributed by atoms with van der Waals surface area (Å²) in [5.74, 6) is -0.223. The molecule has 10 heteroatoms. The van der Waals surface area contributed by atoms with Crippen LogP contribution in [-0.4, -0.2) is 42.7 Å². The number of anilines is 2. The first kappa shape index (κ1) is 14.8. The minimum atomic E-state index is -0.710. The second-order valence-corrected chi connectivity index (χ2v) is 5.43. The molecule has 22 heavy (non-hydrogen) atoms. The van der Waals surface area contributed by atoms with Gasteiger partial charge < -0.3 is 16.2 Å². The van der Waals surface area contributed by atoms with Crippen LogP contribution in [-0.2, 0) is 0 Å². The Morgan fingerprint density at radius 1 is 1.45 bits per heavy atom. The zero-order valence-corrected chi connectivity index (χ0v) is 12.4. The van der Waals surface area contributed by atoms with Gasteiger partial charge in [-0.05, 0) is 12.8 Å². The molecule has 3 rings (SSSR count). The Morgan fingerprint density at radius 3 is 2.91 bits per heavy atom. The number of carbonyl (C=O) groups is 1. The quantitative estimate of drug-likeness (QED) is 0.602. The largest absolute Gasteiger partial charge is 0.391 e. The first-order chi connectivity index (χ1) is 10.6. The Morgan fingerprint density at radius 2 is 2.23 bits per heavy atom. The second-order valence-electron chi connectivity index (χ2n) is 5.24. The lowest BCUT2D eigenvalue weighted by Gasteiger charge is -2.29. The smallest absolute Gasteiger partial charge is 0.256 e. The molecule has 118 valence electrons. The SMILES string of the molecule is NC(=O)c1c(NCl)nc(N[C@@H]2CCCC[C@@H]2O)n2cnnc12. The third-order valence-corrected chi connectivity index (χ3v) is 4.01. The van der Waals surface area contributed by atoms with Crippen LogP contribution in [0, 0.1) is 0 Å². The Kier molecular flexibility index (Phi) is 3.99. The van der Waals surface area contributed by atoms with Crippen molar-refractivity contribution in [1.29, 1.82) is 0 Å².